The SMILES string of the molecule is CCOC(=O)C1CCCN(C(=O)CN(C)C(=O)Cc2ccc(F)c(Br)c2)C1. The van der Waals surface area contributed by atoms with Crippen molar-refractivity contribution in [2.24, 2.45) is 5.92 Å². The molecule has 0 N–H and O–H groups in total. The summed E-state index contributed by atoms with van der Waals surface area (Å²) in [4.78, 5) is 39.7. The van der Waals surface area contributed by atoms with Crippen molar-refractivity contribution >= 4 is 33.7 Å². The molecule has 8 heteroatoms. The van der Waals surface area contributed by atoms with Crippen LogP contribution in [0.15, 0.2) is 22.7 Å². The first-order chi connectivity index (χ1) is 12.8. The van der Waals surface area contributed by atoms with E-state index in [1.807, 2.05) is 0 Å². The fourth-order valence-electron chi connectivity index (χ4n) is 3.01. The van der Waals surface area contributed by atoms with Crippen LogP contribution in [-0.4, -0.2) is 60.9 Å². The van der Waals surface area contributed by atoms with E-state index in [-0.39, 0.29) is 36.7 Å². The molecular formula is C19H24BrFN2O4. The van der Waals surface area contributed by atoms with Gasteiger partial charge < -0.3 is 14.5 Å². The van der Waals surface area contributed by atoms with E-state index in [9.17, 15) is 18.8 Å². The molecule has 0 bridgehead atoms. The second-order valence-electron chi connectivity index (χ2n) is 6.61. The number of carbonyl (C=O) groups is 3. The van der Waals surface area contributed by atoms with Crippen LogP contribution in [0.5, 0.6) is 0 Å². The molecule has 27 heavy (non-hydrogen) atoms. The van der Waals surface area contributed by atoms with E-state index >= 15 is 0 Å². The molecular weight excluding hydrogens is 419 g/mol. The van der Waals surface area contributed by atoms with Gasteiger partial charge in [0, 0.05) is 20.1 Å². The topological polar surface area (TPSA) is 66.9 Å². The number of amides is 2. The number of likely N-dealkylation sites (tertiary alicyclic amines) is 1. The first kappa shape index (κ1) is 21.3. The molecule has 148 valence electrons. The highest BCUT2D eigenvalue weighted by molar-refractivity contribution is 9.10. The Bertz CT molecular complexity index is 713. The van der Waals surface area contributed by atoms with E-state index < -0.39 is 5.82 Å². The number of rotatable bonds is 6. The quantitative estimate of drug-likeness (QED) is 0.634. The normalized spacial score (nSPS) is 16.7. The number of ether oxygens (including phenoxy) is 1. The molecule has 1 unspecified atom stereocenters. The first-order valence-electron chi connectivity index (χ1n) is 8.94. The Morgan fingerprint density at radius 2 is 2.11 bits per heavy atom. The Kier molecular flexibility index (Phi) is 7.77. The molecule has 2 amide bonds. The van der Waals surface area contributed by atoms with Crippen molar-refractivity contribution in [2.45, 2.75) is 26.2 Å². The van der Waals surface area contributed by atoms with Gasteiger partial charge in [-0.2, -0.15) is 0 Å². The Hall–Kier alpha value is -1.96. The monoisotopic (exact) mass is 442 g/mol. The van der Waals surface area contributed by atoms with Crippen LogP contribution < -0.4 is 0 Å². The lowest BCUT2D eigenvalue weighted by atomic mass is 9.98. The number of carbonyl (C=O) groups excluding carboxylic acids is 3. The van der Waals surface area contributed by atoms with Gasteiger partial charge in [-0.05, 0) is 53.4 Å². The van der Waals surface area contributed by atoms with Crippen molar-refractivity contribution in [1.29, 1.82) is 0 Å². The number of esters is 1. The number of benzene rings is 1. The number of likely N-dealkylation sites (N-methyl/N-ethyl adjacent to an activating group) is 1. The summed E-state index contributed by atoms with van der Waals surface area (Å²) >= 11 is 3.10. The van der Waals surface area contributed by atoms with Gasteiger partial charge >= 0.3 is 5.97 Å². The van der Waals surface area contributed by atoms with Gasteiger partial charge in [-0.15, -0.1) is 0 Å². The smallest absolute Gasteiger partial charge is 0.310 e. The zero-order chi connectivity index (χ0) is 20.0. The maximum Gasteiger partial charge on any atom is 0.310 e. The summed E-state index contributed by atoms with van der Waals surface area (Å²) in [6, 6.07) is 4.39. The lowest BCUT2D eigenvalue weighted by Gasteiger charge is -2.32. The Balaban J connectivity index is 1.89. The lowest BCUT2D eigenvalue weighted by molar-refractivity contribution is -0.152. The van der Waals surface area contributed by atoms with Crippen LogP contribution in [-0.2, 0) is 25.5 Å². The summed E-state index contributed by atoms with van der Waals surface area (Å²) in [6.07, 6.45) is 1.52. The summed E-state index contributed by atoms with van der Waals surface area (Å²) in [6.45, 7) is 2.91. The second kappa shape index (κ2) is 9.82. The Morgan fingerprint density at radius 3 is 2.78 bits per heavy atom. The molecule has 6 nitrogen and oxygen atoms in total. The molecule has 0 spiro atoms. The van der Waals surface area contributed by atoms with Crippen molar-refractivity contribution in [3.63, 3.8) is 0 Å². The minimum absolute atomic E-state index is 0.0588. The van der Waals surface area contributed by atoms with Crippen molar-refractivity contribution in [3.05, 3.63) is 34.1 Å². The van der Waals surface area contributed by atoms with E-state index in [0.29, 0.717) is 36.2 Å². The number of hydrogen-bond donors (Lipinski definition) is 0. The van der Waals surface area contributed by atoms with Crippen molar-refractivity contribution in [1.82, 2.24) is 9.80 Å². The summed E-state index contributed by atoms with van der Waals surface area (Å²) < 4.78 is 18.6. The van der Waals surface area contributed by atoms with Crippen LogP contribution in [0, 0.1) is 11.7 Å². The van der Waals surface area contributed by atoms with E-state index in [2.05, 4.69) is 15.9 Å². The standard InChI is InChI=1S/C19H24BrFN2O4/c1-3-27-19(26)14-5-4-8-23(11-14)18(25)12-22(2)17(24)10-13-6-7-16(21)15(20)9-13/h6-7,9,14H,3-5,8,10-12H2,1-2H3. The predicted molar refractivity (Wildman–Crippen MR) is 101 cm³/mol. The number of hydrogen-bond acceptors (Lipinski definition) is 4. The van der Waals surface area contributed by atoms with Gasteiger partial charge in [0.15, 0.2) is 0 Å². The maximum atomic E-state index is 13.3. The molecule has 1 aromatic carbocycles. The zero-order valence-corrected chi connectivity index (χ0v) is 17.1. The molecule has 1 heterocycles. The summed E-state index contributed by atoms with van der Waals surface area (Å²) in [5.41, 5.74) is 0.660. The van der Waals surface area contributed by atoms with Crippen LogP contribution in [0.25, 0.3) is 0 Å². The first-order valence-corrected chi connectivity index (χ1v) is 9.73. The van der Waals surface area contributed by atoms with Crippen molar-refractivity contribution in [3.8, 4) is 0 Å². The Labute approximate surface area is 166 Å². The molecule has 0 aromatic heterocycles. The van der Waals surface area contributed by atoms with E-state index in [1.54, 1.807) is 31.0 Å². The molecule has 0 radical (unpaired) electrons. The molecule has 0 saturated carbocycles. The van der Waals surface area contributed by atoms with Crippen molar-refractivity contribution < 1.29 is 23.5 Å². The van der Waals surface area contributed by atoms with Gasteiger partial charge in [0.1, 0.15) is 5.82 Å². The maximum absolute atomic E-state index is 13.3. The van der Waals surface area contributed by atoms with Crippen molar-refractivity contribution in [2.75, 3.05) is 33.3 Å². The average Bonchev–Trinajstić information content (AvgIpc) is 2.65. The van der Waals surface area contributed by atoms with Gasteiger partial charge in [0.2, 0.25) is 11.8 Å². The molecule has 1 aliphatic heterocycles. The highest BCUT2D eigenvalue weighted by Crippen LogP contribution is 2.19. The molecule has 1 fully saturated rings. The van der Waals surface area contributed by atoms with Gasteiger partial charge in [-0.3, -0.25) is 14.4 Å². The zero-order valence-electron chi connectivity index (χ0n) is 15.5. The number of piperidine rings is 1. The summed E-state index contributed by atoms with van der Waals surface area (Å²) in [5, 5.41) is 0. The second-order valence-corrected chi connectivity index (χ2v) is 7.46. The van der Waals surface area contributed by atoms with Gasteiger partial charge in [-0.25, -0.2) is 4.39 Å². The fourth-order valence-corrected chi connectivity index (χ4v) is 3.43. The van der Waals surface area contributed by atoms with E-state index in [1.165, 1.54) is 11.0 Å². The third-order valence-corrected chi connectivity index (χ3v) is 5.14. The van der Waals surface area contributed by atoms with Crippen LogP contribution in [0.2, 0.25) is 0 Å². The summed E-state index contributed by atoms with van der Waals surface area (Å²) in [7, 11) is 1.56. The molecule has 1 aliphatic rings. The molecule has 1 atom stereocenters. The molecule has 2 rings (SSSR count). The number of nitrogens with zero attached hydrogens (tertiary/aromatic N) is 2. The predicted octanol–water partition coefficient (Wildman–Crippen LogP) is 2.39. The average molecular weight is 443 g/mol. The van der Waals surface area contributed by atoms with Gasteiger partial charge in [0.05, 0.1) is 30.0 Å². The van der Waals surface area contributed by atoms with Gasteiger partial charge in [-0.1, -0.05) is 6.07 Å². The third-order valence-electron chi connectivity index (χ3n) is 4.53. The minimum atomic E-state index is -0.393. The Morgan fingerprint density at radius 1 is 1.37 bits per heavy atom. The van der Waals surface area contributed by atoms with Crippen LogP contribution in [0.4, 0.5) is 4.39 Å². The van der Waals surface area contributed by atoms with Crippen LogP contribution in [0.1, 0.15) is 25.3 Å². The fraction of sp³-hybridized carbons (Fsp3) is 0.526. The number of halogens is 2. The largest absolute Gasteiger partial charge is 0.466 e. The van der Waals surface area contributed by atoms with Gasteiger partial charge in [0.25, 0.3) is 0 Å². The van der Waals surface area contributed by atoms with Crippen LogP contribution in [0.3, 0.4) is 0 Å². The molecule has 1 aromatic rings. The highest BCUT2D eigenvalue weighted by atomic mass is 79.9. The van der Waals surface area contributed by atoms with E-state index in [0.717, 1.165) is 6.42 Å². The van der Waals surface area contributed by atoms with Crippen LogP contribution >= 0.6 is 15.9 Å². The summed E-state index contributed by atoms with van der Waals surface area (Å²) in [5.74, 6) is -1.40. The molecule has 0 aliphatic carbocycles. The lowest BCUT2D eigenvalue weighted by Crippen LogP contribution is -2.47. The highest BCUT2D eigenvalue weighted by Gasteiger charge is 2.30. The minimum Gasteiger partial charge on any atom is -0.466 e. The van der Waals surface area contributed by atoms with E-state index in [4.69, 9.17) is 4.74 Å². The molecule has 1 saturated heterocycles. The third kappa shape index (κ3) is 6.02.